The van der Waals surface area contributed by atoms with Gasteiger partial charge in [-0.15, -0.1) is 0 Å². The maximum Gasteiger partial charge on any atom is 0.134 e. The van der Waals surface area contributed by atoms with Crippen molar-refractivity contribution >= 4 is 0 Å². The minimum Gasteiger partial charge on any atom is -0.374 e. The Morgan fingerprint density at radius 1 is 1.62 bits per heavy atom. The number of rotatable bonds is 6. The number of hydrogen-bond acceptors (Lipinski definition) is 3. The molecule has 1 atom stereocenters. The van der Waals surface area contributed by atoms with Crippen molar-refractivity contribution in [3.8, 4) is 0 Å². The second kappa shape index (κ2) is 6.01. The highest BCUT2D eigenvalue weighted by molar-refractivity contribution is 4.89. The van der Waals surface area contributed by atoms with Gasteiger partial charge in [-0.1, -0.05) is 0 Å². The van der Waals surface area contributed by atoms with E-state index in [4.69, 9.17) is 4.74 Å². The predicted molar refractivity (Wildman–Crippen MR) is 63.2 cm³/mol. The molecule has 2 rings (SSSR count). The number of aromatic nitrogens is 2. The number of nitrogens with one attached hydrogen (secondary N) is 1. The molecule has 0 radical (unpaired) electrons. The Balaban J connectivity index is 1.64. The van der Waals surface area contributed by atoms with Crippen molar-refractivity contribution in [2.24, 2.45) is 5.92 Å². The summed E-state index contributed by atoms with van der Waals surface area (Å²) in [5.74, 6) is 1.85. The smallest absolute Gasteiger partial charge is 0.134 e. The molecular formula is C12H21N3O. The van der Waals surface area contributed by atoms with E-state index in [-0.39, 0.29) is 0 Å². The van der Waals surface area contributed by atoms with Gasteiger partial charge in [0.1, 0.15) is 12.4 Å². The third-order valence-electron chi connectivity index (χ3n) is 3.21. The lowest BCUT2D eigenvalue weighted by Gasteiger charge is -2.09. The molecule has 0 saturated carbocycles. The Morgan fingerprint density at radius 3 is 3.31 bits per heavy atom. The quantitative estimate of drug-likeness (QED) is 0.741. The van der Waals surface area contributed by atoms with Gasteiger partial charge in [0.2, 0.25) is 0 Å². The maximum atomic E-state index is 5.67. The van der Waals surface area contributed by atoms with Crippen molar-refractivity contribution in [3.63, 3.8) is 0 Å². The number of ether oxygens (including phenoxy) is 1. The van der Waals surface area contributed by atoms with Gasteiger partial charge in [-0.2, -0.15) is 0 Å². The van der Waals surface area contributed by atoms with Gasteiger partial charge in [-0.25, -0.2) is 4.98 Å². The third kappa shape index (κ3) is 3.06. The summed E-state index contributed by atoms with van der Waals surface area (Å²) in [5.41, 5.74) is 0. The molecule has 1 unspecified atom stereocenters. The topological polar surface area (TPSA) is 39.1 Å². The van der Waals surface area contributed by atoms with Gasteiger partial charge < -0.3 is 14.6 Å². The first-order valence-electron chi connectivity index (χ1n) is 6.18. The monoisotopic (exact) mass is 223 g/mol. The van der Waals surface area contributed by atoms with E-state index in [2.05, 4.69) is 21.8 Å². The van der Waals surface area contributed by atoms with Gasteiger partial charge in [0.05, 0.1) is 0 Å². The number of nitrogens with zero attached hydrogens (tertiary/aromatic N) is 2. The van der Waals surface area contributed by atoms with Crippen LogP contribution in [0.2, 0.25) is 0 Å². The summed E-state index contributed by atoms with van der Waals surface area (Å²) >= 11 is 0. The summed E-state index contributed by atoms with van der Waals surface area (Å²) in [7, 11) is 0. The number of aryl methyl sites for hydroxylation is 1. The summed E-state index contributed by atoms with van der Waals surface area (Å²) in [6.45, 7) is 6.91. The Morgan fingerprint density at radius 2 is 2.56 bits per heavy atom. The van der Waals surface area contributed by atoms with Crippen LogP contribution in [0.25, 0.3) is 0 Å². The van der Waals surface area contributed by atoms with Crippen molar-refractivity contribution in [2.45, 2.75) is 32.9 Å². The van der Waals surface area contributed by atoms with Crippen LogP contribution in [0.4, 0.5) is 0 Å². The van der Waals surface area contributed by atoms with Crippen molar-refractivity contribution in [1.29, 1.82) is 0 Å². The van der Waals surface area contributed by atoms with Crippen LogP contribution in [0.3, 0.4) is 0 Å². The van der Waals surface area contributed by atoms with Crippen LogP contribution in [0.5, 0.6) is 0 Å². The zero-order valence-corrected chi connectivity index (χ0v) is 9.98. The van der Waals surface area contributed by atoms with Crippen molar-refractivity contribution in [2.75, 3.05) is 19.7 Å². The maximum absolute atomic E-state index is 5.67. The second-order valence-electron chi connectivity index (χ2n) is 4.33. The molecule has 1 N–H and O–H groups in total. The average molecular weight is 223 g/mol. The number of imidazole rings is 1. The zero-order chi connectivity index (χ0) is 11.2. The van der Waals surface area contributed by atoms with E-state index in [1.807, 2.05) is 12.4 Å². The molecule has 1 aliphatic rings. The highest BCUT2D eigenvalue weighted by Gasteiger charge is 2.13. The van der Waals surface area contributed by atoms with E-state index in [1.165, 1.54) is 19.4 Å². The molecule has 0 spiro atoms. The number of hydrogen-bond donors (Lipinski definition) is 1. The summed E-state index contributed by atoms with van der Waals surface area (Å²) in [6.07, 6.45) is 6.30. The lowest BCUT2D eigenvalue weighted by molar-refractivity contribution is 0.102. The van der Waals surface area contributed by atoms with Crippen LogP contribution >= 0.6 is 0 Å². The van der Waals surface area contributed by atoms with E-state index < -0.39 is 0 Å². The Kier molecular flexibility index (Phi) is 4.36. The fraction of sp³-hybridized carbons (Fsp3) is 0.750. The molecular weight excluding hydrogens is 202 g/mol. The van der Waals surface area contributed by atoms with Gasteiger partial charge in [0.15, 0.2) is 0 Å². The molecule has 1 aromatic heterocycles. The molecule has 1 saturated heterocycles. The first-order chi connectivity index (χ1) is 7.90. The van der Waals surface area contributed by atoms with Gasteiger partial charge in [-0.3, -0.25) is 0 Å². The summed E-state index contributed by atoms with van der Waals surface area (Å²) < 4.78 is 7.79. The van der Waals surface area contributed by atoms with Crippen LogP contribution < -0.4 is 5.32 Å². The molecule has 90 valence electrons. The average Bonchev–Trinajstić information content (AvgIpc) is 2.95. The molecule has 4 nitrogen and oxygen atoms in total. The predicted octanol–water partition coefficient (Wildman–Crippen LogP) is 1.42. The van der Waals surface area contributed by atoms with Gasteiger partial charge in [0.25, 0.3) is 0 Å². The van der Waals surface area contributed by atoms with Crippen molar-refractivity contribution in [3.05, 3.63) is 18.2 Å². The fourth-order valence-corrected chi connectivity index (χ4v) is 2.14. The van der Waals surface area contributed by atoms with E-state index >= 15 is 0 Å². The first-order valence-corrected chi connectivity index (χ1v) is 6.18. The van der Waals surface area contributed by atoms with Gasteiger partial charge >= 0.3 is 0 Å². The fourth-order valence-electron chi connectivity index (χ4n) is 2.14. The normalized spacial score (nSPS) is 20.4. The highest BCUT2D eigenvalue weighted by atomic mass is 16.5. The summed E-state index contributed by atoms with van der Waals surface area (Å²) in [5, 5.41) is 3.37. The van der Waals surface area contributed by atoms with Crippen LogP contribution in [-0.2, 0) is 17.9 Å². The van der Waals surface area contributed by atoms with Crippen LogP contribution in [-0.4, -0.2) is 29.2 Å². The molecule has 0 bridgehead atoms. The molecule has 0 aromatic carbocycles. The van der Waals surface area contributed by atoms with E-state index in [0.717, 1.165) is 31.4 Å². The lowest BCUT2D eigenvalue weighted by Crippen LogP contribution is -2.11. The summed E-state index contributed by atoms with van der Waals surface area (Å²) in [4.78, 5) is 4.28. The Hall–Kier alpha value is -0.870. The van der Waals surface area contributed by atoms with Gasteiger partial charge in [0, 0.05) is 25.5 Å². The highest BCUT2D eigenvalue weighted by Crippen LogP contribution is 2.12. The molecule has 16 heavy (non-hydrogen) atoms. The second-order valence-corrected chi connectivity index (χ2v) is 4.33. The van der Waals surface area contributed by atoms with Crippen LogP contribution in [0.1, 0.15) is 25.6 Å². The molecule has 0 amide bonds. The molecule has 4 heteroatoms. The largest absolute Gasteiger partial charge is 0.374 e. The lowest BCUT2D eigenvalue weighted by atomic mass is 10.1. The minimum absolute atomic E-state index is 0.640. The van der Waals surface area contributed by atoms with Crippen LogP contribution in [0, 0.1) is 5.92 Å². The van der Waals surface area contributed by atoms with Crippen molar-refractivity contribution < 1.29 is 4.74 Å². The third-order valence-corrected chi connectivity index (χ3v) is 3.21. The van der Waals surface area contributed by atoms with Gasteiger partial charge in [-0.05, 0) is 38.8 Å². The molecule has 2 heterocycles. The Bertz CT molecular complexity index is 305. The van der Waals surface area contributed by atoms with E-state index in [9.17, 15) is 0 Å². The van der Waals surface area contributed by atoms with Crippen molar-refractivity contribution in [1.82, 2.24) is 14.9 Å². The van der Waals surface area contributed by atoms with E-state index in [0.29, 0.717) is 6.61 Å². The molecule has 1 aromatic rings. The molecule has 1 fully saturated rings. The molecule has 1 aliphatic heterocycles. The zero-order valence-electron chi connectivity index (χ0n) is 9.98. The summed E-state index contributed by atoms with van der Waals surface area (Å²) in [6, 6.07) is 0. The minimum atomic E-state index is 0.640. The van der Waals surface area contributed by atoms with E-state index in [1.54, 1.807) is 0 Å². The Labute approximate surface area is 97.0 Å². The standard InChI is InChI=1S/C12H21N3O/c1-2-15-7-6-14-12(15)10-16-8-4-11-3-5-13-9-11/h6-7,11,13H,2-5,8-10H2,1H3. The molecule has 0 aliphatic carbocycles. The van der Waals surface area contributed by atoms with Crippen LogP contribution in [0.15, 0.2) is 12.4 Å². The first kappa shape index (κ1) is 11.6. The SMILES string of the molecule is CCn1ccnc1COCCC1CCNC1.